The van der Waals surface area contributed by atoms with Gasteiger partial charge < -0.3 is 10.1 Å². The summed E-state index contributed by atoms with van der Waals surface area (Å²) in [6, 6.07) is 16.3. The molecule has 3 rings (SSSR count). The number of amidine groups is 1. The van der Waals surface area contributed by atoms with Gasteiger partial charge in [0.1, 0.15) is 5.75 Å². The van der Waals surface area contributed by atoms with E-state index in [0.717, 1.165) is 29.9 Å². The lowest BCUT2D eigenvalue weighted by atomic mass is 10.0. The first-order chi connectivity index (χ1) is 15.5. The molecule has 1 amide bonds. The van der Waals surface area contributed by atoms with Crippen LogP contribution < -0.4 is 10.1 Å². The van der Waals surface area contributed by atoms with E-state index in [2.05, 4.69) is 60.6 Å². The van der Waals surface area contributed by atoms with Crippen LogP contribution in [-0.2, 0) is 11.2 Å². The minimum absolute atomic E-state index is 0.0164. The second-order valence-electron chi connectivity index (χ2n) is 8.32. The second-order valence-corrected chi connectivity index (χ2v) is 9.52. The van der Waals surface area contributed by atoms with Gasteiger partial charge in [-0.3, -0.25) is 4.79 Å². The normalized spacial score (nSPS) is 17.4. The average molecular weight is 452 g/mol. The maximum atomic E-state index is 12.3. The van der Waals surface area contributed by atoms with Crippen molar-refractivity contribution in [3.63, 3.8) is 0 Å². The molecule has 170 valence electrons. The van der Waals surface area contributed by atoms with Gasteiger partial charge in [-0.15, -0.1) is 5.10 Å². The van der Waals surface area contributed by atoms with E-state index in [0.29, 0.717) is 17.5 Å². The topological polar surface area (TPSA) is 63.1 Å². The summed E-state index contributed by atoms with van der Waals surface area (Å²) in [7, 11) is 0. The number of rotatable bonds is 11. The molecule has 1 N–H and O–H groups in total. The van der Waals surface area contributed by atoms with Gasteiger partial charge in [0.25, 0.3) is 0 Å². The number of hydrogen-bond donors (Lipinski definition) is 1. The molecular formula is C26H33N3O2S. The molecule has 5 nitrogen and oxygen atoms in total. The molecule has 0 bridgehead atoms. The summed E-state index contributed by atoms with van der Waals surface area (Å²) in [6.07, 6.45) is 7.14. The molecule has 0 saturated carbocycles. The third-order valence-corrected chi connectivity index (χ3v) is 6.42. The Balaban J connectivity index is 1.47. The van der Waals surface area contributed by atoms with Gasteiger partial charge in [0.05, 0.1) is 18.1 Å². The first-order valence-corrected chi connectivity index (χ1v) is 12.3. The molecule has 2 aromatic rings. The number of benzene rings is 2. The van der Waals surface area contributed by atoms with Crippen molar-refractivity contribution in [2.45, 2.75) is 64.0 Å². The summed E-state index contributed by atoms with van der Waals surface area (Å²) in [4.78, 5) is 12.3. The van der Waals surface area contributed by atoms with Gasteiger partial charge in [-0.2, -0.15) is 5.10 Å². The van der Waals surface area contributed by atoms with Crippen molar-refractivity contribution in [3.05, 3.63) is 65.2 Å². The minimum atomic E-state index is -0.178. The molecular weight excluding hydrogens is 418 g/mol. The zero-order valence-corrected chi connectivity index (χ0v) is 20.0. The summed E-state index contributed by atoms with van der Waals surface area (Å²) < 4.78 is 5.76. The van der Waals surface area contributed by atoms with Crippen molar-refractivity contribution in [1.29, 1.82) is 0 Å². The zero-order valence-electron chi connectivity index (χ0n) is 19.2. The number of unbranched alkanes of at least 4 members (excludes halogenated alkanes) is 3. The fourth-order valence-electron chi connectivity index (χ4n) is 3.36. The third kappa shape index (κ3) is 7.52. The first kappa shape index (κ1) is 24.1. The predicted octanol–water partition coefficient (Wildman–Crippen LogP) is 5.93. The van der Waals surface area contributed by atoms with E-state index in [1.54, 1.807) is 6.21 Å². The second kappa shape index (κ2) is 12.4. The van der Waals surface area contributed by atoms with E-state index < -0.39 is 0 Å². The number of carbonyl (C=O) groups is 1. The highest BCUT2D eigenvalue weighted by Crippen LogP contribution is 2.24. The van der Waals surface area contributed by atoms with Crippen molar-refractivity contribution < 1.29 is 9.53 Å². The Kier molecular flexibility index (Phi) is 9.35. The Morgan fingerprint density at radius 3 is 2.50 bits per heavy atom. The van der Waals surface area contributed by atoms with E-state index in [9.17, 15) is 4.79 Å². The molecule has 1 aliphatic rings. The molecule has 2 aromatic carbocycles. The van der Waals surface area contributed by atoms with Crippen LogP contribution in [0.1, 0.15) is 69.1 Å². The molecule has 0 spiro atoms. The molecule has 6 heteroatoms. The number of nitrogens with zero attached hydrogens (tertiary/aromatic N) is 2. The monoisotopic (exact) mass is 451 g/mol. The van der Waals surface area contributed by atoms with E-state index in [1.807, 2.05) is 24.3 Å². The smallest absolute Gasteiger partial charge is 0.239 e. The van der Waals surface area contributed by atoms with Gasteiger partial charge in [0, 0.05) is 0 Å². The van der Waals surface area contributed by atoms with Gasteiger partial charge in [-0.05, 0) is 59.7 Å². The Bertz CT molecular complexity index is 921. The molecule has 32 heavy (non-hydrogen) atoms. The first-order valence-electron chi connectivity index (χ1n) is 11.5. The van der Waals surface area contributed by atoms with Crippen LogP contribution >= 0.6 is 11.8 Å². The van der Waals surface area contributed by atoms with E-state index in [-0.39, 0.29) is 11.2 Å². The summed E-state index contributed by atoms with van der Waals surface area (Å²) in [5.74, 6) is 1.36. The molecule has 1 saturated heterocycles. The van der Waals surface area contributed by atoms with Crippen molar-refractivity contribution in [2.75, 3.05) is 6.61 Å². The fraction of sp³-hybridized carbons (Fsp3) is 0.423. The van der Waals surface area contributed by atoms with Gasteiger partial charge in [-0.1, -0.05) is 76.1 Å². The number of carbonyl (C=O) groups excluding carboxylic acids is 1. The largest absolute Gasteiger partial charge is 0.494 e. The standard InChI is InChI=1S/C26H33N3O2S/c1-4-5-6-7-16-31-23-14-10-21(11-15-23)18-27-29-26-28-25(30)24(32-26)17-20-8-12-22(13-9-20)19(2)3/h8-15,18-19,24H,4-7,16-17H2,1-3H3,(H,28,29,30). The molecule has 1 fully saturated rings. The minimum Gasteiger partial charge on any atom is -0.494 e. The van der Waals surface area contributed by atoms with Crippen LogP contribution in [0.3, 0.4) is 0 Å². The molecule has 1 atom stereocenters. The summed E-state index contributed by atoms with van der Waals surface area (Å²) in [6.45, 7) is 7.31. The van der Waals surface area contributed by atoms with Crippen LogP contribution in [0.2, 0.25) is 0 Å². The molecule has 1 unspecified atom stereocenters. The SMILES string of the molecule is CCCCCCOc1ccc(C=NN=C2NC(=O)C(Cc3ccc(C(C)C)cc3)S2)cc1. The lowest BCUT2D eigenvalue weighted by Gasteiger charge is -2.08. The Morgan fingerprint density at radius 1 is 1.06 bits per heavy atom. The lowest BCUT2D eigenvalue weighted by molar-refractivity contribution is -0.118. The summed E-state index contributed by atoms with van der Waals surface area (Å²) >= 11 is 1.43. The molecule has 1 aliphatic heterocycles. The van der Waals surface area contributed by atoms with Crippen LogP contribution in [0.5, 0.6) is 5.75 Å². The lowest BCUT2D eigenvalue weighted by Crippen LogP contribution is -2.25. The number of thioether (sulfide) groups is 1. The maximum Gasteiger partial charge on any atom is 0.239 e. The van der Waals surface area contributed by atoms with Crippen LogP contribution in [0.4, 0.5) is 0 Å². The number of hydrogen-bond acceptors (Lipinski definition) is 5. The number of nitrogens with one attached hydrogen (secondary N) is 1. The number of ether oxygens (including phenoxy) is 1. The summed E-state index contributed by atoms with van der Waals surface area (Å²) in [5, 5.41) is 11.5. The van der Waals surface area contributed by atoms with E-state index in [4.69, 9.17) is 4.74 Å². The van der Waals surface area contributed by atoms with Gasteiger partial charge in [0.15, 0.2) is 5.17 Å². The Morgan fingerprint density at radius 2 is 1.81 bits per heavy atom. The molecule has 1 heterocycles. The summed E-state index contributed by atoms with van der Waals surface area (Å²) in [5.41, 5.74) is 3.39. The molecule has 0 aliphatic carbocycles. The predicted molar refractivity (Wildman–Crippen MR) is 135 cm³/mol. The third-order valence-electron chi connectivity index (χ3n) is 5.35. The fourth-order valence-corrected chi connectivity index (χ4v) is 4.32. The highest BCUT2D eigenvalue weighted by atomic mass is 32.2. The molecule has 0 aromatic heterocycles. The van der Waals surface area contributed by atoms with E-state index >= 15 is 0 Å². The maximum absolute atomic E-state index is 12.3. The van der Waals surface area contributed by atoms with Gasteiger partial charge >= 0.3 is 0 Å². The average Bonchev–Trinajstić information content (AvgIpc) is 3.14. The quantitative estimate of drug-likeness (QED) is 0.261. The highest BCUT2D eigenvalue weighted by molar-refractivity contribution is 8.15. The zero-order chi connectivity index (χ0) is 22.8. The van der Waals surface area contributed by atoms with Crippen molar-refractivity contribution in [3.8, 4) is 5.75 Å². The van der Waals surface area contributed by atoms with Gasteiger partial charge in [0.2, 0.25) is 5.91 Å². The molecule has 0 radical (unpaired) electrons. The van der Waals surface area contributed by atoms with Crippen LogP contribution in [0.25, 0.3) is 0 Å². The van der Waals surface area contributed by atoms with E-state index in [1.165, 1.54) is 36.6 Å². The number of amides is 1. The Labute approximate surface area is 195 Å². The van der Waals surface area contributed by atoms with Crippen molar-refractivity contribution >= 4 is 29.1 Å². The highest BCUT2D eigenvalue weighted by Gasteiger charge is 2.30. The van der Waals surface area contributed by atoms with Crippen molar-refractivity contribution in [2.24, 2.45) is 10.2 Å². The van der Waals surface area contributed by atoms with Crippen LogP contribution in [-0.4, -0.2) is 29.1 Å². The van der Waals surface area contributed by atoms with Crippen LogP contribution in [0.15, 0.2) is 58.7 Å². The van der Waals surface area contributed by atoms with Crippen LogP contribution in [0, 0.1) is 0 Å². The van der Waals surface area contributed by atoms with Crippen molar-refractivity contribution in [1.82, 2.24) is 5.32 Å². The van der Waals surface area contributed by atoms with Gasteiger partial charge in [-0.25, -0.2) is 0 Å². The Hall–Kier alpha value is -2.60.